The van der Waals surface area contributed by atoms with E-state index >= 15 is 0 Å². The smallest absolute Gasteiger partial charge is 0.306 e. The molecule has 0 aromatic carbocycles. The van der Waals surface area contributed by atoms with E-state index in [0.29, 0.717) is 19.4 Å². The molecule has 0 aliphatic carbocycles. The highest BCUT2D eigenvalue weighted by molar-refractivity contribution is 5.70. The Bertz CT molecular complexity index is 195. The Hall–Kier alpha value is -1.13. The van der Waals surface area contributed by atoms with Gasteiger partial charge in [-0.05, 0) is 19.8 Å². The highest BCUT2D eigenvalue weighted by Gasteiger charge is 2.29. The van der Waals surface area contributed by atoms with Gasteiger partial charge in [0.15, 0.2) is 0 Å². The van der Waals surface area contributed by atoms with Crippen LogP contribution in [0.4, 0.5) is 0 Å². The van der Waals surface area contributed by atoms with Gasteiger partial charge < -0.3 is 5.11 Å². The lowest BCUT2D eigenvalue weighted by molar-refractivity contribution is -0.144. The number of hydrogen-bond acceptors (Lipinski definition) is 3. The van der Waals surface area contributed by atoms with E-state index in [2.05, 4.69) is 5.29 Å². The van der Waals surface area contributed by atoms with Crippen LogP contribution in [0, 0.1) is 10.8 Å². The van der Waals surface area contributed by atoms with Crippen LogP contribution < -0.4 is 0 Å². The maximum Gasteiger partial charge on any atom is 0.306 e. The molecule has 5 heteroatoms. The number of carboxylic acids is 1. The molecule has 1 aliphatic rings. The molecule has 1 aliphatic heterocycles. The zero-order chi connectivity index (χ0) is 9.14. The van der Waals surface area contributed by atoms with Crippen molar-refractivity contribution in [1.82, 2.24) is 5.01 Å². The topological polar surface area (TPSA) is 70.0 Å². The van der Waals surface area contributed by atoms with E-state index in [0.717, 1.165) is 0 Å². The third-order valence-electron chi connectivity index (χ3n) is 2.30. The summed E-state index contributed by atoms with van der Waals surface area (Å²) in [5.74, 6) is -1.08. The standard InChI is InChI=1S/C7H12N2O3/c1-5-4-6(7(10)11)2-3-9(5)8-12/h5-6H,2-4H2,1H3,(H,10,11). The molecule has 68 valence electrons. The van der Waals surface area contributed by atoms with Gasteiger partial charge in [-0.15, -0.1) is 4.91 Å². The summed E-state index contributed by atoms with van der Waals surface area (Å²) < 4.78 is 0. The third-order valence-corrected chi connectivity index (χ3v) is 2.30. The number of nitroso groups, excluding NO2 is 1. The second kappa shape index (κ2) is 3.51. The number of piperidine rings is 1. The zero-order valence-electron chi connectivity index (χ0n) is 6.93. The minimum Gasteiger partial charge on any atom is -0.481 e. The fourth-order valence-electron chi connectivity index (χ4n) is 1.51. The Morgan fingerprint density at radius 1 is 1.67 bits per heavy atom. The molecular formula is C7H12N2O3. The second-order valence-corrected chi connectivity index (χ2v) is 3.15. The first-order valence-electron chi connectivity index (χ1n) is 3.98. The van der Waals surface area contributed by atoms with Gasteiger partial charge in [0.25, 0.3) is 0 Å². The maximum atomic E-state index is 10.6. The Balaban J connectivity index is 2.51. The van der Waals surface area contributed by atoms with Gasteiger partial charge >= 0.3 is 5.97 Å². The van der Waals surface area contributed by atoms with Gasteiger partial charge in [-0.2, -0.15) is 0 Å². The van der Waals surface area contributed by atoms with Crippen molar-refractivity contribution in [3.8, 4) is 0 Å². The molecule has 0 spiro atoms. The Labute approximate surface area is 70.3 Å². The molecule has 0 amide bonds. The quantitative estimate of drug-likeness (QED) is 0.627. The van der Waals surface area contributed by atoms with Crippen molar-refractivity contribution in [2.45, 2.75) is 25.8 Å². The summed E-state index contributed by atoms with van der Waals surface area (Å²) >= 11 is 0. The van der Waals surface area contributed by atoms with Crippen molar-refractivity contribution in [3.63, 3.8) is 0 Å². The Kier molecular flexibility index (Phi) is 2.62. The van der Waals surface area contributed by atoms with Gasteiger partial charge in [0.2, 0.25) is 0 Å². The van der Waals surface area contributed by atoms with Gasteiger partial charge in [0.05, 0.1) is 11.2 Å². The van der Waals surface area contributed by atoms with E-state index in [1.165, 1.54) is 5.01 Å². The van der Waals surface area contributed by atoms with Crippen LogP contribution >= 0.6 is 0 Å². The van der Waals surface area contributed by atoms with Gasteiger partial charge in [0.1, 0.15) is 0 Å². The lowest BCUT2D eigenvalue weighted by Crippen LogP contribution is -2.39. The lowest BCUT2D eigenvalue weighted by Gasteiger charge is -2.31. The summed E-state index contributed by atoms with van der Waals surface area (Å²) in [5.41, 5.74) is 0. The van der Waals surface area contributed by atoms with Crippen molar-refractivity contribution >= 4 is 5.97 Å². The molecule has 0 bridgehead atoms. The van der Waals surface area contributed by atoms with E-state index in [4.69, 9.17) is 5.11 Å². The first-order chi connectivity index (χ1) is 5.65. The molecule has 0 aromatic rings. The van der Waals surface area contributed by atoms with E-state index in [1.54, 1.807) is 0 Å². The van der Waals surface area contributed by atoms with Crippen LogP contribution in [-0.4, -0.2) is 28.7 Å². The monoisotopic (exact) mass is 172 g/mol. The number of aliphatic carboxylic acids is 1. The summed E-state index contributed by atoms with van der Waals surface area (Å²) in [7, 11) is 0. The van der Waals surface area contributed by atoms with E-state index < -0.39 is 5.97 Å². The van der Waals surface area contributed by atoms with E-state index in [1.807, 2.05) is 6.92 Å². The number of rotatable bonds is 2. The first-order valence-corrected chi connectivity index (χ1v) is 3.98. The Morgan fingerprint density at radius 3 is 2.75 bits per heavy atom. The zero-order valence-corrected chi connectivity index (χ0v) is 6.93. The molecule has 1 fully saturated rings. The molecular weight excluding hydrogens is 160 g/mol. The minimum absolute atomic E-state index is 0.0441. The molecule has 1 saturated heterocycles. The number of nitrogens with zero attached hydrogens (tertiary/aromatic N) is 2. The highest BCUT2D eigenvalue weighted by atomic mass is 16.4. The normalized spacial score (nSPS) is 29.9. The summed E-state index contributed by atoms with van der Waals surface area (Å²) in [6, 6.07) is -0.0441. The van der Waals surface area contributed by atoms with Crippen LogP contribution in [0.25, 0.3) is 0 Å². The lowest BCUT2D eigenvalue weighted by atomic mass is 9.93. The summed E-state index contributed by atoms with van der Waals surface area (Å²) in [6.07, 6.45) is 1.03. The van der Waals surface area contributed by atoms with Crippen LogP contribution in [0.15, 0.2) is 5.29 Å². The molecule has 12 heavy (non-hydrogen) atoms. The summed E-state index contributed by atoms with van der Waals surface area (Å²) in [6.45, 7) is 2.28. The van der Waals surface area contributed by atoms with Crippen LogP contribution in [0.1, 0.15) is 19.8 Å². The molecule has 2 atom stereocenters. The number of carboxylic acid groups (broad SMARTS) is 1. The average Bonchev–Trinajstić information content (AvgIpc) is 2.04. The van der Waals surface area contributed by atoms with E-state index in [-0.39, 0.29) is 12.0 Å². The molecule has 1 heterocycles. The predicted octanol–water partition coefficient (Wildman–Crippen LogP) is 0.853. The minimum atomic E-state index is -0.771. The third kappa shape index (κ3) is 1.72. The van der Waals surface area contributed by atoms with Crippen LogP contribution in [0.5, 0.6) is 0 Å². The fourth-order valence-corrected chi connectivity index (χ4v) is 1.51. The van der Waals surface area contributed by atoms with E-state index in [9.17, 15) is 9.70 Å². The van der Waals surface area contributed by atoms with Gasteiger partial charge in [-0.3, -0.25) is 9.80 Å². The molecule has 1 rings (SSSR count). The SMILES string of the molecule is CC1CC(C(=O)O)CCN1N=O. The average molecular weight is 172 g/mol. The predicted molar refractivity (Wildman–Crippen MR) is 42.3 cm³/mol. The number of hydrogen-bond donors (Lipinski definition) is 1. The van der Waals surface area contributed by atoms with Gasteiger partial charge in [-0.1, -0.05) is 0 Å². The highest BCUT2D eigenvalue weighted by Crippen LogP contribution is 2.22. The maximum absolute atomic E-state index is 10.6. The van der Waals surface area contributed by atoms with Crippen LogP contribution in [-0.2, 0) is 4.79 Å². The van der Waals surface area contributed by atoms with Crippen molar-refractivity contribution in [1.29, 1.82) is 0 Å². The van der Waals surface area contributed by atoms with Gasteiger partial charge in [0, 0.05) is 12.6 Å². The first kappa shape index (κ1) is 8.96. The van der Waals surface area contributed by atoms with Crippen molar-refractivity contribution < 1.29 is 9.90 Å². The Morgan fingerprint density at radius 2 is 2.33 bits per heavy atom. The molecule has 5 nitrogen and oxygen atoms in total. The number of carbonyl (C=O) groups is 1. The summed E-state index contributed by atoms with van der Waals surface area (Å²) in [5, 5.41) is 12.9. The molecule has 2 unspecified atom stereocenters. The molecule has 0 aromatic heterocycles. The molecule has 0 saturated carbocycles. The van der Waals surface area contributed by atoms with Crippen molar-refractivity contribution in [2.24, 2.45) is 11.2 Å². The van der Waals surface area contributed by atoms with Crippen molar-refractivity contribution in [3.05, 3.63) is 4.91 Å². The van der Waals surface area contributed by atoms with Crippen molar-refractivity contribution in [2.75, 3.05) is 6.54 Å². The molecule has 1 N–H and O–H groups in total. The second-order valence-electron chi connectivity index (χ2n) is 3.15. The molecule has 0 radical (unpaired) electrons. The largest absolute Gasteiger partial charge is 0.481 e. The van der Waals surface area contributed by atoms with Crippen LogP contribution in [0.3, 0.4) is 0 Å². The van der Waals surface area contributed by atoms with Gasteiger partial charge in [-0.25, -0.2) is 0 Å². The fraction of sp³-hybridized carbons (Fsp3) is 0.857. The van der Waals surface area contributed by atoms with Crippen LogP contribution in [0.2, 0.25) is 0 Å². The summed E-state index contributed by atoms with van der Waals surface area (Å²) in [4.78, 5) is 20.7.